The number of carbonyl (C=O) groups is 2. The summed E-state index contributed by atoms with van der Waals surface area (Å²) in [6.07, 6.45) is 2.20. The second-order valence-corrected chi connectivity index (χ2v) is 4.55. The largest absolute Gasteiger partial charge is 0.481 e. The molecule has 1 amide bonds. The maximum atomic E-state index is 11.9. The molecule has 2 aromatic rings. The predicted molar refractivity (Wildman–Crippen MR) is 78.9 cm³/mol. The molecule has 0 aliphatic heterocycles. The summed E-state index contributed by atoms with van der Waals surface area (Å²) in [4.78, 5) is 26.5. The van der Waals surface area contributed by atoms with E-state index in [1.54, 1.807) is 18.3 Å². The number of rotatable bonds is 6. The summed E-state index contributed by atoms with van der Waals surface area (Å²) in [7, 11) is 0. The number of carbonyl (C=O) groups excluding carboxylic acids is 1. The van der Waals surface area contributed by atoms with Crippen molar-refractivity contribution in [1.82, 2.24) is 10.3 Å². The lowest BCUT2D eigenvalue weighted by Crippen LogP contribution is -2.24. The molecule has 1 aromatic heterocycles. The topological polar surface area (TPSA) is 79.3 Å². The van der Waals surface area contributed by atoms with Crippen LogP contribution >= 0.6 is 0 Å². The van der Waals surface area contributed by atoms with Gasteiger partial charge in [0.25, 0.3) is 5.91 Å². The van der Waals surface area contributed by atoms with Crippen molar-refractivity contribution in [2.75, 3.05) is 6.54 Å². The van der Waals surface area contributed by atoms with Crippen LogP contribution < -0.4 is 5.32 Å². The third-order valence-electron chi connectivity index (χ3n) is 2.96. The Hall–Kier alpha value is -2.69. The van der Waals surface area contributed by atoms with Crippen molar-refractivity contribution in [3.05, 3.63) is 54.2 Å². The van der Waals surface area contributed by atoms with Gasteiger partial charge in [0, 0.05) is 30.3 Å². The minimum atomic E-state index is -0.857. The number of carboxylic acids is 1. The Morgan fingerprint density at radius 3 is 2.48 bits per heavy atom. The number of carboxylic acid groups (broad SMARTS) is 1. The van der Waals surface area contributed by atoms with E-state index in [0.29, 0.717) is 18.5 Å². The van der Waals surface area contributed by atoms with Crippen LogP contribution in [0.1, 0.15) is 23.2 Å². The lowest BCUT2D eigenvalue weighted by atomic mass is 10.1. The fraction of sp³-hybridized carbons (Fsp3) is 0.188. The van der Waals surface area contributed by atoms with Crippen LogP contribution in [0.3, 0.4) is 0 Å². The molecule has 0 atom stereocenters. The van der Waals surface area contributed by atoms with Crippen LogP contribution in [0.5, 0.6) is 0 Å². The first-order chi connectivity index (χ1) is 10.2. The zero-order valence-electron chi connectivity index (χ0n) is 11.5. The van der Waals surface area contributed by atoms with E-state index in [0.717, 1.165) is 11.3 Å². The van der Waals surface area contributed by atoms with Gasteiger partial charge in [-0.25, -0.2) is 0 Å². The second kappa shape index (κ2) is 7.19. The van der Waals surface area contributed by atoms with E-state index in [1.807, 2.05) is 30.3 Å². The van der Waals surface area contributed by atoms with Gasteiger partial charge in [0.05, 0.1) is 5.69 Å². The molecule has 2 N–H and O–H groups in total. The number of benzene rings is 1. The third kappa shape index (κ3) is 4.42. The summed E-state index contributed by atoms with van der Waals surface area (Å²) in [6.45, 7) is 0.354. The fourth-order valence-electron chi connectivity index (χ4n) is 1.87. The Balaban J connectivity index is 1.93. The van der Waals surface area contributed by atoms with Gasteiger partial charge in [0.1, 0.15) is 0 Å². The fourth-order valence-corrected chi connectivity index (χ4v) is 1.87. The van der Waals surface area contributed by atoms with Crippen LogP contribution in [0.2, 0.25) is 0 Å². The van der Waals surface area contributed by atoms with Crippen LogP contribution in [0, 0.1) is 0 Å². The molecule has 1 heterocycles. The normalized spacial score (nSPS) is 10.1. The molecule has 0 aliphatic carbocycles. The van der Waals surface area contributed by atoms with Gasteiger partial charge in [0.15, 0.2) is 0 Å². The van der Waals surface area contributed by atoms with Gasteiger partial charge >= 0.3 is 5.97 Å². The Labute approximate surface area is 122 Å². The number of aromatic nitrogens is 1. The maximum Gasteiger partial charge on any atom is 0.303 e. The van der Waals surface area contributed by atoms with E-state index in [9.17, 15) is 9.59 Å². The Morgan fingerprint density at radius 2 is 1.86 bits per heavy atom. The molecule has 0 unspecified atom stereocenters. The van der Waals surface area contributed by atoms with Crippen molar-refractivity contribution in [3.63, 3.8) is 0 Å². The summed E-state index contributed by atoms with van der Waals surface area (Å²) in [5.41, 5.74) is 2.34. The summed E-state index contributed by atoms with van der Waals surface area (Å²) in [5.74, 6) is -1.06. The summed E-state index contributed by atoms with van der Waals surface area (Å²) < 4.78 is 0. The number of hydrogen-bond donors (Lipinski definition) is 2. The lowest BCUT2D eigenvalue weighted by molar-refractivity contribution is -0.137. The highest BCUT2D eigenvalue weighted by Crippen LogP contribution is 2.16. The monoisotopic (exact) mass is 284 g/mol. The standard InChI is InChI=1S/C16H16N2O3/c19-15(20)5-3-11-18-16(21)13-8-6-12(7-9-13)14-4-1-2-10-17-14/h1-2,4,6-10H,3,5,11H2,(H,18,21)(H,19,20). The smallest absolute Gasteiger partial charge is 0.303 e. The third-order valence-corrected chi connectivity index (χ3v) is 2.96. The first kappa shape index (κ1) is 14.7. The quantitative estimate of drug-likeness (QED) is 0.798. The molecule has 0 aliphatic rings. The Bertz CT molecular complexity index is 609. The maximum absolute atomic E-state index is 11.9. The van der Waals surface area contributed by atoms with Crippen molar-refractivity contribution in [2.45, 2.75) is 12.8 Å². The molecular formula is C16H16N2O3. The van der Waals surface area contributed by atoms with Gasteiger partial charge in [-0.05, 0) is 30.7 Å². The molecule has 0 saturated heterocycles. The first-order valence-corrected chi connectivity index (χ1v) is 6.68. The van der Waals surface area contributed by atoms with Gasteiger partial charge < -0.3 is 10.4 Å². The van der Waals surface area contributed by atoms with Crippen LogP contribution in [-0.2, 0) is 4.79 Å². The average molecular weight is 284 g/mol. The molecule has 0 bridgehead atoms. The molecule has 1 aromatic carbocycles. The van der Waals surface area contributed by atoms with Crippen molar-refractivity contribution in [2.24, 2.45) is 0 Å². The van der Waals surface area contributed by atoms with Crippen molar-refractivity contribution >= 4 is 11.9 Å². The molecule has 21 heavy (non-hydrogen) atoms. The minimum absolute atomic E-state index is 0.0545. The molecule has 108 valence electrons. The molecule has 0 fully saturated rings. The van der Waals surface area contributed by atoms with Crippen LogP contribution in [0.4, 0.5) is 0 Å². The van der Waals surface area contributed by atoms with Crippen LogP contribution in [-0.4, -0.2) is 28.5 Å². The van der Waals surface area contributed by atoms with Gasteiger partial charge in [-0.15, -0.1) is 0 Å². The minimum Gasteiger partial charge on any atom is -0.481 e. The molecule has 2 rings (SSSR count). The molecular weight excluding hydrogens is 268 g/mol. The second-order valence-electron chi connectivity index (χ2n) is 4.55. The molecule has 0 saturated carbocycles. The molecule has 5 heteroatoms. The predicted octanol–water partition coefficient (Wildman–Crippen LogP) is 2.34. The van der Waals surface area contributed by atoms with Crippen molar-refractivity contribution in [1.29, 1.82) is 0 Å². The van der Waals surface area contributed by atoms with E-state index in [-0.39, 0.29) is 12.3 Å². The number of nitrogens with zero attached hydrogens (tertiary/aromatic N) is 1. The Kier molecular flexibility index (Phi) is 5.04. The number of hydrogen-bond acceptors (Lipinski definition) is 3. The molecule has 0 radical (unpaired) electrons. The number of pyridine rings is 1. The van der Waals surface area contributed by atoms with E-state index in [2.05, 4.69) is 10.3 Å². The zero-order chi connectivity index (χ0) is 15.1. The SMILES string of the molecule is O=C(O)CCCNC(=O)c1ccc(-c2ccccn2)cc1. The number of amides is 1. The highest BCUT2D eigenvalue weighted by molar-refractivity contribution is 5.94. The summed E-state index contributed by atoms with van der Waals surface area (Å²) in [6, 6.07) is 12.8. The van der Waals surface area contributed by atoms with Crippen LogP contribution in [0.25, 0.3) is 11.3 Å². The van der Waals surface area contributed by atoms with Gasteiger partial charge in [0.2, 0.25) is 0 Å². The number of nitrogens with one attached hydrogen (secondary N) is 1. The summed E-state index contributed by atoms with van der Waals surface area (Å²) in [5, 5.41) is 11.2. The number of aliphatic carboxylic acids is 1. The van der Waals surface area contributed by atoms with E-state index in [4.69, 9.17) is 5.11 Å². The van der Waals surface area contributed by atoms with E-state index >= 15 is 0 Å². The summed E-state index contributed by atoms with van der Waals surface area (Å²) >= 11 is 0. The zero-order valence-corrected chi connectivity index (χ0v) is 11.5. The van der Waals surface area contributed by atoms with Crippen molar-refractivity contribution < 1.29 is 14.7 Å². The first-order valence-electron chi connectivity index (χ1n) is 6.68. The van der Waals surface area contributed by atoms with Gasteiger partial charge in [-0.3, -0.25) is 14.6 Å². The highest BCUT2D eigenvalue weighted by atomic mass is 16.4. The van der Waals surface area contributed by atoms with Crippen molar-refractivity contribution in [3.8, 4) is 11.3 Å². The highest BCUT2D eigenvalue weighted by Gasteiger charge is 2.06. The van der Waals surface area contributed by atoms with Gasteiger partial charge in [-0.1, -0.05) is 18.2 Å². The van der Waals surface area contributed by atoms with Crippen LogP contribution in [0.15, 0.2) is 48.7 Å². The molecule has 5 nitrogen and oxygen atoms in total. The lowest BCUT2D eigenvalue weighted by Gasteiger charge is -2.05. The van der Waals surface area contributed by atoms with Gasteiger partial charge in [-0.2, -0.15) is 0 Å². The molecule has 0 spiro atoms. The van der Waals surface area contributed by atoms with E-state index in [1.165, 1.54) is 0 Å². The van der Waals surface area contributed by atoms with E-state index < -0.39 is 5.97 Å². The average Bonchev–Trinajstić information content (AvgIpc) is 2.52. The Morgan fingerprint density at radius 1 is 1.10 bits per heavy atom.